The Morgan fingerprint density at radius 3 is 2.24 bits per heavy atom. The molecule has 1 heterocycles. The number of benzene rings is 4. The molecule has 0 bridgehead atoms. The summed E-state index contributed by atoms with van der Waals surface area (Å²) in [4.78, 5) is 33.3. The summed E-state index contributed by atoms with van der Waals surface area (Å²) in [5, 5.41) is 14.1. The Balaban J connectivity index is 1.47. The Morgan fingerprint density at radius 1 is 0.881 bits per heavy atom. The van der Waals surface area contributed by atoms with E-state index in [1.54, 1.807) is 0 Å². The average Bonchev–Trinajstić information content (AvgIpc) is 3.49. The molecule has 7 heteroatoms. The topological polar surface area (TPSA) is 82.0 Å². The van der Waals surface area contributed by atoms with Crippen LogP contribution in [-0.2, 0) is 27.9 Å². The number of amides is 1. The van der Waals surface area contributed by atoms with Gasteiger partial charge in [0.25, 0.3) is 0 Å². The van der Waals surface area contributed by atoms with E-state index in [1.807, 2.05) is 97.1 Å². The second kappa shape index (κ2) is 14.2. The molecule has 1 aliphatic rings. The molecule has 0 radical (unpaired) electrons. The van der Waals surface area contributed by atoms with E-state index in [-0.39, 0.29) is 18.4 Å². The highest BCUT2D eigenvalue weighted by molar-refractivity contribution is 9.08. The zero-order valence-electron chi connectivity index (χ0n) is 23.3. The molecule has 0 saturated carbocycles. The van der Waals surface area contributed by atoms with Gasteiger partial charge in [0, 0.05) is 29.4 Å². The van der Waals surface area contributed by atoms with Crippen LogP contribution < -0.4 is 5.32 Å². The van der Waals surface area contributed by atoms with E-state index in [1.165, 1.54) is 5.56 Å². The standard InChI is InChI=1S/C35H34BrN3O3/c36-23-28-17-8-7-16-27(28)22-31(35(41)42)37-33(26-14-5-2-6-15-26)29-18-9-10-19-30(29)38-34(40)32-20-11-21-39(32)24-25-12-3-1-4-13-25/h1-10,12-19,31-32H,11,20-24H2,(H,38,40)(H,41,42)/t31-,32-/m0/s1. The number of carbonyl (C=O) groups is 2. The van der Waals surface area contributed by atoms with Gasteiger partial charge in [-0.25, -0.2) is 4.79 Å². The Hall–Kier alpha value is -4.07. The highest BCUT2D eigenvalue weighted by Crippen LogP contribution is 2.26. The molecule has 1 saturated heterocycles. The predicted octanol–water partition coefficient (Wildman–Crippen LogP) is 6.72. The third-order valence-corrected chi connectivity index (χ3v) is 8.23. The smallest absolute Gasteiger partial charge is 0.328 e. The number of anilines is 1. The number of hydrogen-bond donors (Lipinski definition) is 2. The van der Waals surface area contributed by atoms with Crippen molar-refractivity contribution in [1.29, 1.82) is 0 Å². The number of nitrogens with one attached hydrogen (secondary N) is 1. The molecule has 0 spiro atoms. The molecule has 5 rings (SSSR count). The quantitative estimate of drug-likeness (QED) is 0.144. The van der Waals surface area contributed by atoms with Crippen LogP contribution in [0.5, 0.6) is 0 Å². The minimum atomic E-state index is -1.01. The van der Waals surface area contributed by atoms with Gasteiger partial charge in [0.05, 0.1) is 17.4 Å². The van der Waals surface area contributed by atoms with Crippen molar-refractivity contribution >= 4 is 39.2 Å². The first kappa shape index (κ1) is 29.4. The van der Waals surface area contributed by atoms with Crippen LogP contribution in [0.3, 0.4) is 0 Å². The van der Waals surface area contributed by atoms with Crippen molar-refractivity contribution in [1.82, 2.24) is 4.90 Å². The summed E-state index contributed by atoms with van der Waals surface area (Å²) in [5.41, 5.74) is 5.75. The molecule has 1 aliphatic heterocycles. The van der Waals surface area contributed by atoms with Crippen LogP contribution in [0, 0.1) is 0 Å². The summed E-state index contributed by atoms with van der Waals surface area (Å²) in [6, 6.07) is 33.8. The number of hydrogen-bond acceptors (Lipinski definition) is 4. The molecule has 1 fully saturated rings. The lowest BCUT2D eigenvalue weighted by atomic mass is 9.98. The molecular weight excluding hydrogens is 590 g/mol. The molecule has 2 N–H and O–H groups in total. The van der Waals surface area contributed by atoms with Crippen LogP contribution in [0.1, 0.15) is 40.7 Å². The predicted molar refractivity (Wildman–Crippen MR) is 171 cm³/mol. The van der Waals surface area contributed by atoms with Crippen LogP contribution in [0.15, 0.2) is 114 Å². The number of rotatable bonds is 11. The molecule has 2 atom stereocenters. The minimum Gasteiger partial charge on any atom is -0.480 e. The number of halogens is 1. The number of carboxylic acids is 1. The van der Waals surface area contributed by atoms with Crippen molar-refractivity contribution in [3.8, 4) is 0 Å². The second-order valence-corrected chi connectivity index (χ2v) is 11.0. The number of carbonyl (C=O) groups excluding carboxylic acids is 1. The maximum absolute atomic E-state index is 13.7. The second-order valence-electron chi connectivity index (χ2n) is 10.5. The van der Waals surface area contributed by atoms with Gasteiger partial charge in [-0.3, -0.25) is 14.7 Å². The van der Waals surface area contributed by atoms with Gasteiger partial charge in [-0.05, 0) is 42.1 Å². The molecule has 0 unspecified atom stereocenters. The molecule has 0 aliphatic carbocycles. The molecule has 1 amide bonds. The van der Waals surface area contributed by atoms with E-state index < -0.39 is 12.0 Å². The van der Waals surface area contributed by atoms with Gasteiger partial charge >= 0.3 is 5.97 Å². The van der Waals surface area contributed by atoms with Gasteiger partial charge in [-0.1, -0.05) is 119 Å². The Labute approximate surface area is 255 Å². The van der Waals surface area contributed by atoms with E-state index in [0.29, 0.717) is 28.8 Å². The summed E-state index contributed by atoms with van der Waals surface area (Å²) < 4.78 is 0. The number of aliphatic carboxylic acids is 1. The van der Waals surface area contributed by atoms with Crippen molar-refractivity contribution < 1.29 is 14.7 Å². The van der Waals surface area contributed by atoms with E-state index in [2.05, 4.69) is 38.3 Å². The van der Waals surface area contributed by atoms with Gasteiger partial charge in [0.15, 0.2) is 6.04 Å². The van der Waals surface area contributed by atoms with Crippen molar-refractivity contribution in [2.45, 2.75) is 43.2 Å². The summed E-state index contributed by atoms with van der Waals surface area (Å²) in [5.74, 6) is -1.07. The van der Waals surface area contributed by atoms with Crippen molar-refractivity contribution in [2.75, 3.05) is 11.9 Å². The molecule has 0 aromatic heterocycles. The van der Waals surface area contributed by atoms with Crippen LogP contribution >= 0.6 is 15.9 Å². The summed E-state index contributed by atoms with van der Waals surface area (Å²) in [6.07, 6.45) is 1.99. The van der Waals surface area contributed by atoms with Crippen LogP contribution in [0.2, 0.25) is 0 Å². The van der Waals surface area contributed by atoms with Gasteiger partial charge in [0.2, 0.25) is 5.91 Å². The lowest BCUT2D eigenvalue weighted by Crippen LogP contribution is -2.39. The van der Waals surface area contributed by atoms with Gasteiger partial charge in [-0.15, -0.1) is 0 Å². The lowest BCUT2D eigenvalue weighted by Gasteiger charge is -2.24. The van der Waals surface area contributed by atoms with Crippen molar-refractivity contribution in [3.05, 3.63) is 137 Å². The first-order chi connectivity index (χ1) is 20.5. The summed E-state index contributed by atoms with van der Waals surface area (Å²) in [7, 11) is 0. The maximum Gasteiger partial charge on any atom is 0.328 e. The number of nitrogens with zero attached hydrogens (tertiary/aromatic N) is 2. The number of para-hydroxylation sites is 1. The average molecular weight is 625 g/mol. The first-order valence-electron chi connectivity index (χ1n) is 14.2. The molecule has 214 valence electrons. The Bertz CT molecular complexity index is 1540. The van der Waals surface area contributed by atoms with E-state index in [9.17, 15) is 14.7 Å². The highest BCUT2D eigenvalue weighted by Gasteiger charge is 2.31. The van der Waals surface area contributed by atoms with Crippen LogP contribution in [0.4, 0.5) is 5.69 Å². The largest absolute Gasteiger partial charge is 0.480 e. The summed E-state index contributed by atoms with van der Waals surface area (Å²) >= 11 is 3.52. The molecule has 42 heavy (non-hydrogen) atoms. The molecule has 4 aromatic rings. The number of carboxylic acid groups (broad SMARTS) is 1. The Morgan fingerprint density at radius 2 is 1.52 bits per heavy atom. The molecule has 4 aromatic carbocycles. The third kappa shape index (κ3) is 7.22. The Kier molecular flexibility index (Phi) is 9.95. The van der Waals surface area contributed by atoms with Gasteiger partial charge in [-0.2, -0.15) is 0 Å². The monoisotopic (exact) mass is 623 g/mol. The minimum absolute atomic E-state index is 0.0654. The fourth-order valence-corrected chi connectivity index (χ4v) is 6.03. The van der Waals surface area contributed by atoms with E-state index in [4.69, 9.17) is 4.99 Å². The van der Waals surface area contributed by atoms with Gasteiger partial charge < -0.3 is 10.4 Å². The number of likely N-dealkylation sites (tertiary alicyclic amines) is 1. The molecule has 6 nitrogen and oxygen atoms in total. The number of aliphatic imine (C=N–C) groups is 1. The normalized spacial score (nSPS) is 16.2. The molecular formula is C35H34BrN3O3. The van der Waals surface area contributed by atoms with Gasteiger partial charge in [0.1, 0.15) is 0 Å². The fraction of sp³-hybridized carbons (Fsp3) is 0.229. The van der Waals surface area contributed by atoms with Crippen LogP contribution in [-0.4, -0.2) is 46.2 Å². The van der Waals surface area contributed by atoms with Crippen molar-refractivity contribution in [3.63, 3.8) is 0 Å². The zero-order chi connectivity index (χ0) is 29.3. The lowest BCUT2D eigenvalue weighted by molar-refractivity contribution is -0.138. The van der Waals surface area contributed by atoms with Crippen molar-refractivity contribution in [2.24, 2.45) is 4.99 Å². The fourth-order valence-electron chi connectivity index (χ4n) is 5.48. The van der Waals surface area contributed by atoms with E-state index in [0.717, 1.165) is 36.1 Å². The van der Waals surface area contributed by atoms with Crippen LogP contribution in [0.25, 0.3) is 0 Å². The third-order valence-electron chi connectivity index (χ3n) is 7.63. The first-order valence-corrected chi connectivity index (χ1v) is 15.3. The summed E-state index contributed by atoms with van der Waals surface area (Å²) in [6.45, 7) is 1.58. The highest BCUT2D eigenvalue weighted by atomic mass is 79.9. The zero-order valence-corrected chi connectivity index (χ0v) is 24.9. The van der Waals surface area contributed by atoms with E-state index >= 15 is 0 Å². The SMILES string of the molecule is O=C(O)[C@H](Cc1ccccc1CBr)N=C(c1ccccc1)c1ccccc1NC(=O)[C@@H]1CCCN1Cc1ccccc1. The number of alkyl halides is 1. The maximum atomic E-state index is 13.7.